The van der Waals surface area contributed by atoms with Crippen molar-refractivity contribution < 1.29 is 14.6 Å². The smallest absolute Gasteiger partial charge is 0.224 e. The van der Waals surface area contributed by atoms with E-state index in [-0.39, 0.29) is 35.1 Å². The SMILES string of the molecule is COC1(C)CC(NC(=O)Cc2cccc(O)c2)C1(C)C. The van der Waals surface area contributed by atoms with Gasteiger partial charge in [0.15, 0.2) is 0 Å². The van der Waals surface area contributed by atoms with Crippen molar-refractivity contribution in [3.8, 4) is 5.75 Å². The maximum Gasteiger partial charge on any atom is 0.224 e. The summed E-state index contributed by atoms with van der Waals surface area (Å²) < 4.78 is 5.55. The van der Waals surface area contributed by atoms with Crippen LogP contribution in [-0.2, 0) is 16.0 Å². The van der Waals surface area contributed by atoms with Gasteiger partial charge in [0, 0.05) is 18.6 Å². The molecule has 1 aromatic carbocycles. The summed E-state index contributed by atoms with van der Waals surface area (Å²) in [4.78, 5) is 12.1. The van der Waals surface area contributed by atoms with E-state index >= 15 is 0 Å². The lowest BCUT2D eigenvalue weighted by Gasteiger charge is -2.59. The summed E-state index contributed by atoms with van der Waals surface area (Å²) in [7, 11) is 1.71. The standard InChI is InChI=1S/C16H23NO3/c1-15(2)13(10-16(15,3)20-4)17-14(19)9-11-6-5-7-12(18)8-11/h5-8,13,18H,9-10H2,1-4H3,(H,17,19). The molecule has 0 radical (unpaired) electrons. The highest BCUT2D eigenvalue weighted by atomic mass is 16.5. The Balaban J connectivity index is 1.94. The Morgan fingerprint density at radius 2 is 2.15 bits per heavy atom. The minimum absolute atomic E-state index is 0.0215. The molecule has 2 rings (SSSR count). The van der Waals surface area contributed by atoms with Gasteiger partial charge in [-0.1, -0.05) is 26.0 Å². The second kappa shape index (κ2) is 5.09. The number of hydrogen-bond acceptors (Lipinski definition) is 3. The van der Waals surface area contributed by atoms with E-state index in [1.165, 1.54) is 0 Å². The van der Waals surface area contributed by atoms with Gasteiger partial charge in [0.1, 0.15) is 5.75 Å². The van der Waals surface area contributed by atoms with Gasteiger partial charge in [-0.2, -0.15) is 0 Å². The number of methoxy groups -OCH3 is 1. The van der Waals surface area contributed by atoms with Gasteiger partial charge in [-0.25, -0.2) is 0 Å². The van der Waals surface area contributed by atoms with E-state index in [4.69, 9.17) is 4.74 Å². The number of phenols is 1. The predicted molar refractivity (Wildman–Crippen MR) is 77.6 cm³/mol. The van der Waals surface area contributed by atoms with Crippen LogP contribution >= 0.6 is 0 Å². The molecule has 2 unspecified atom stereocenters. The van der Waals surface area contributed by atoms with E-state index in [1.54, 1.807) is 25.3 Å². The monoisotopic (exact) mass is 277 g/mol. The third kappa shape index (κ3) is 2.52. The lowest BCUT2D eigenvalue weighted by molar-refractivity contribution is -0.182. The van der Waals surface area contributed by atoms with Gasteiger partial charge in [0.25, 0.3) is 0 Å². The largest absolute Gasteiger partial charge is 0.508 e. The normalized spacial score (nSPS) is 27.7. The van der Waals surface area contributed by atoms with E-state index in [0.717, 1.165) is 12.0 Å². The van der Waals surface area contributed by atoms with Gasteiger partial charge in [-0.15, -0.1) is 0 Å². The number of phenolic OH excluding ortho intramolecular Hbond substituents is 1. The van der Waals surface area contributed by atoms with Gasteiger partial charge in [-0.3, -0.25) is 4.79 Å². The number of carbonyl (C=O) groups excluding carboxylic acids is 1. The van der Waals surface area contributed by atoms with Gasteiger partial charge in [0.05, 0.1) is 12.0 Å². The number of aromatic hydroxyl groups is 1. The van der Waals surface area contributed by atoms with Gasteiger partial charge < -0.3 is 15.2 Å². The second-order valence-corrected chi connectivity index (χ2v) is 6.33. The molecule has 0 spiro atoms. The van der Waals surface area contributed by atoms with Crippen LogP contribution in [0.3, 0.4) is 0 Å². The Kier molecular flexibility index (Phi) is 3.78. The number of carbonyl (C=O) groups is 1. The van der Waals surface area contributed by atoms with Crippen LogP contribution in [0.1, 0.15) is 32.8 Å². The molecule has 1 saturated carbocycles. The molecule has 20 heavy (non-hydrogen) atoms. The predicted octanol–water partition coefficient (Wildman–Crippen LogP) is 2.25. The van der Waals surface area contributed by atoms with Crippen molar-refractivity contribution in [2.45, 2.75) is 45.3 Å². The zero-order valence-electron chi connectivity index (χ0n) is 12.6. The Morgan fingerprint density at radius 3 is 2.70 bits per heavy atom. The van der Waals surface area contributed by atoms with Crippen molar-refractivity contribution in [2.24, 2.45) is 5.41 Å². The molecule has 4 nitrogen and oxygen atoms in total. The van der Waals surface area contributed by atoms with E-state index in [0.29, 0.717) is 0 Å². The number of benzene rings is 1. The molecule has 1 aromatic rings. The lowest BCUT2D eigenvalue weighted by atomic mass is 9.56. The number of rotatable bonds is 4. The first-order valence-corrected chi connectivity index (χ1v) is 6.91. The molecule has 110 valence electrons. The first-order chi connectivity index (χ1) is 9.28. The molecular weight excluding hydrogens is 254 g/mol. The molecule has 0 heterocycles. The number of hydrogen-bond donors (Lipinski definition) is 2. The summed E-state index contributed by atoms with van der Waals surface area (Å²) in [5, 5.41) is 12.5. The highest BCUT2D eigenvalue weighted by Gasteiger charge is 2.58. The van der Waals surface area contributed by atoms with Crippen LogP contribution < -0.4 is 5.32 Å². The molecule has 0 aromatic heterocycles. The minimum Gasteiger partial charge on any atom is -0.508 e. The first kappa shape index (κ1) is 14.9. The fourth-order valence-electron chi connectivity index (χ4n) is 2.82. The second-order valence-electron chi connectivity index (χ2n) is 6.33. The van der Waals surface area contributed by atoms with Gasteiger partial charge >= 0.3 is 0 Å². The number of amides is 1. The molecular formula is C16H23NO3. The number of ether oxygens (including phenoxy) is 1. The van der Waals surface area contributed by atoms with E-state index in [9.17, 15) is 9.90 Å². The zero-order chi connectivity index (χ0) is 15.0. The quantitative estimate of drug-likeness (QED) is 0.887. The summed E-state index contributed by atoms with van der Waals surface area (Å²) in [6.07, 6.45) is 1.10. The third-order valence-corrected chi connectivity index (χ3v) is 4.89. The zero-order valence-corrected chi connectivity index (χ0v) is 12.6. The molecule has 1 fully saturated rings. The fourth-order valence-corrected chi connectivity index (χ4v) is 2.82. The highest BCUT2D eigenvalue weighted by Crippen LogP contribution is 2.51. The van der Waals surface area contributed by atoms with Crippen molar-refractivity contribution in [1.29, 1.82) is 0 Å². The average molecular weight is 277 g/mol. The molecule has 1 aliphatic rings. The van der Waals surface area contributed by atoms with Crippen LogP contribution in [0.15, 0.2) is 24.3 Å². The molecule has 0 saturated heterocycles. The summed E-state index contributed by atoms with van der Waals surface area (Å²) in [5.41, 5.74) is 0.542. The molecule has 1 aliphatic carbocycles. The van der Waals surface area contributed by atoms with E-state index < -0.39 is 0 Å². The minimum atomic E-state index is -0.185. The van der Waals surface area contributed by atoms with Gasteiger partial charge in [0.2, 0.25) is 5.91 Å². The van der Waals surface area contributed by atoms with Crippen molar-refractivity contribution in [1.82, 2.24) is 5.32 Å². The molecule has 0 aliphatic heterocycles. The van der Waals surface area contributed by atoms with Crippen molar-refractivity contribution >= 4 is 5.91 Å². The lowest BCUT2D eigenvalue weighted by Crippen LogP contribution is -2.68. The molecule has 1 amide bonds. The summed E-state index contributed by atoms with van der Waals surface area (Å²) in [6, 6.07) is 6.92. The topological polar surface area (TPSA) is 58.6 Å². The van der Waals surface area contributed by atoms with Crippen molar-refractivity contribution in [3.63, 3.8) is 0 Å². The molecule has 4 heteroatoms. The Bertz CT molecular complexity index is 512. The van der Waals surface area contributed by atoms with Crippen molar-refractivity contribution in [2.75, 3.05) is 7.11 Å². The Hall–Kier alpha value is -1.55. The summed E-state index contributed by atoms with van der Waals surface area (Å²) in [6.45, 7) is 6.30. The molecule has 0 bridgehead atoms. The van der Waals surface area contributed by atoms with Crippen LogP contribution in [-0.4, -0.2) is 29.8 Å². The fraction of sp³-hybridized carbons (Fsp3) is 0.562. The van der Waals surface area contributed by atoms with Crippen LogP contribution in [0.2, 0.25) is 0 Å². The Morgan fingerprint density at radius 1 is 1.45 bits per heavy atom. The Labute approximate surface area is 120 Å². The van der Waals surface area contributed by atoms with Crippen LogP contribution in [0.4, 0.5) is 0 Å². The van der Waals surface area contributed by atoms with Crippen LogP contribution in [0.25, 0.3) is 0 Å². The van der Waals surface area contributed by atoms with E-state index in [2.05, 4.69) is 26.1 Å². The van der Waals surface area contributed by atoms with Crippen LogP contribution in [0, 0.1) is 5.41 Å². The van der Waals surface area contributed by atoms with Crippen LogP contribution in [0.5, 0.6) is 5.75 Å². The highest BCUT2D eigenvalue weighted by molar-refractivity contribution is 5.79. The van der Waals surface area contributed by atoms with Crippen molar-refractivity contribution in [3.05, 3.63) is 29.8 Å². The molecule has 2 N–H and O–H groups in total. The van der Waals surface area contributed by atoms with E-state index in [1.807, 2.05) is 6.07 Å². The third-order valence-electron chi connectivity index (χ3n) is 4.89. The molecule has 2 atom stereocenters. The number of nitrogens with one attached hydrogen (secondary N) is 1. The summed E-state index contributed by atoms with van der Waals surface area (Å²) >= 11 is 0. The summed E-state index contributed by atoms with van der Waals surface area (Å²) in [5.74, 6) is 0.165. The van der Waals surface area contributed by atoms with Gasteiger partial charge in [-0.05, 0) is 31.0 Å². The first-order valence-electron chi connectivity index (χ1n) is 6.91. The maximum atomic E-state index is 12.1. The maximum absolute atomic E-state index is 12.1. The average Bonchev–Trinajstić information content (AvgIpc) is 2.37.